The highest BCUT2D eigenvalue weighted by atomic mass is 32.2. The first-order chi connectivity index (χ1) is 21.8. The van der Waals surface area contributed by atoms with Gasteiger partial charge in [0.1, 0.15) is 18.3 Å². The average Bonchev–Trinajstić information content (AvgIpc) is 3.02. The van der Waals surface area contributed by atoms with Crippen molar-refractivity contribution in [3.05, 3.63) is 125 Å². The lowest BCUT2D eigenvalue weighted by molar-refractivity contribution is -0.140. The normalized spacial score (nSPS) is 12.2. The van der Waals surface area contributed by atoms with Crippen LogP contribution in [0.2, 0.25) is 0 Å². The lowest BCUT2D eigenvalue weighted by Crippen LogP contribution is -2.56. The Bertz CT molecular complexity index is 1740. The molecule has 1 unspecified atom stereocenters. The smallest absolute Gasteiger partial charge is 0.264 e. The van der Waals surface area contributed by atoms with Crippen LogP contribution in [-0.4, -0.2) is 50.4 Å². The van der Waals surface area contributed by atoms with Crippen molar-refractivity contribution in [2.24, 2.45) is 0 Å². The SMILES string of the molecule is COc1ccc(C)cc1N(CC(=O)N(Cc1ccc(C)cc1)C(Cc1ccccc1)C(=O)NC(C)(C)C)S(=O)(=O)c1ccccc1. The van der Waals surface area contributed by atoms with Gasteiger partial charge in [-0.15, -0.1) is 0 Å². The van der Waals surface area contributed by atoms with Crippen LogP contribution < -0.4 is 14.4 Å². The summed E-state index contributed by atoms with van der Waals surface area (Å²) in [6.07, 6.45) is 0.236. The number of benzene rings is 4. The number of amides is 2. The summed E-state index contributed by atoms with van der Waals surface area (Å²) in [5, 5.41) is 3.05. The van der Waals surface area contributed by atoms with E-state index < -0.39 is 34.1 Å². The zero-order valence-corrected chi connectivity index (χ0v) is 28.2. The molecule has 46 heavy (non-hydrogen) atoms. The first-order valence-corrected chi connectivity index (χ1v) is 16.7. The van der Waals surface area contributed by atoms with Crippen LogP contribution in [0.4, 0.5) is 5.69 Å². The van der Waals surface area contributed by atoms with Crippen LogP contribution in [0.15, 0.2) is 108 Å². The third kappa shape index (κ3) is 8.75. The monoisotopic (exact) mass is 641 g/mol. The van der Waals surface area contributed by atoms with E-state index in [-0.39, 0.29) is 29.5 Å². The zero-order chi connectivity index (χ0) is 33.5. The van der Waals surface area contributed by atoms with Crippen LogP contribution >= 0.6 is 0 Å². The van der Waals surface area contributed by atoms with E-state index in [4.69, 9.17) is 4.74 Å². The molecule has 4 aromatic carbocycles. The summed E-state index contributed by atoms with van der Waals surface area (Å²) in [4.78, 5) is 30.2. The van der Waals surface area contributed by atoms with Gasteiger partial charge >= 0.3 is 0 Å². The maximum atomic E-state index is 14.7. The van der Waals surface area contributed by atoms with Crippen LogP contribution in [0.1, 0.15) is 43.0 Å². The summed E-state index contributed by atoms with van der Waals surface area (Å²) >= 11 is 0. The van der Waals surface area contributed by atoms with Gasteiger partial charge in [0.2, 0.25) is 11.8 Å². The number of hydrogen-bond donors (Lipinski definition) is 1. The van der Waals surface area contributed by atoms with E-state index in [2.05, 4.69) is 5.32 Å². The molecule has 0 aromatic heterocycles. The molecule has 0 fully saturated rings. The molecule has 0 saturated carbocycles. The fourth-order valence-electron chi connectivity index (χ4n) is 5.12. The fourth-order valence-corrected chi connectivity index (χ4v) is 6.56. The molecule has 0 radical (unpaired) electrons. The van der Waals surface area contributed by atoms with Gasteiger partial charge < -0.3 is 15.0 Å². The first-order valence-electron chi connectivity index (χ1n) is 15.2. The number of nitrogens with zero attached hydrogens (tertiary/aromatic N) is 2. The summed E-state index contributed by atoms with van der Waals surface area (Å²) in [5.74, 6) is -0.564. The number of methoxy groups -OCH3 is 1. The fraction of sp³-hybridized carbons (Fsp3) is 0.297. The van der Waals surface area contributed by atoms with Crippen molar-refractivity contribution in [1.82, 2.24) is 10.2 Å². The molecule has 242 valence electrons. The molecule has 0 spiro atoms. The number of sulfonamides is 1. The predicted octanol–water partition coefficient (Wildman–Crippen LogP) is 6.06. The number of anilines is 1. The number of ether oxygens (including phenoxy) is 1. The Balaban J connectivity index is 1.85. The Morgan fingerprint density at radius 3 is 1.98 bits per heavy atom. The third-order valence-corrected chi connectivity index (χ3v) is 9.23. The Morgan fingerprint density at radius 2 is 1.39 bits per heavy atom. The molecule has 0 aliphatic carbocycles. The van der Waals surface area contributed by atoms with Crippen molar-refractivity contribution in [1.29, 1.82) is 0 Å². The quantitative estimate of drug-likeness (QED) is 0.203. The molecule has 4 aromatic rings. The zero-order valence-electron chi connectivity index (χ0n) is 27.4. The number of rotatable bonds is 12. The standard InChI is InChI=1S/C37H43N3O5S/c1-27-17-20-30(21-18-27)25-39(33(36(42)38-37(3,4)5)24-29-13-9-7-10-14-29)35(41)26-40(32-23-28(2)19-22-34(32)45-6)46(43,44)31-15-11-8-12-16-31/h7-23,33H,24-26H2,1-6H3,(H,38,42). The number of nitrogens with one attached hydrogen (secondary N) is 1. The minimum absolute atomic E-state index is 0.0303. The molecule has 0 aliphatic rings. The Morgan fingerprint density at radius 1 is 0.804 bits per heavy atom. The van der Waals surface area contributed by atoms with Crippen LogP contribution in [0.3, 0.4) is 0 Å². The van der Waals surface area contributed by atoms with Crippen molar-refractivity contribution in [3.63, 3.8) is 0 Å². The minimum Gasteiger partial charge on any atom is -0.495 e. The van der Waals surface area contributed by atoms with Crippen molar-refractivity contribution >= 4 is 27.5 Å². The van der Waals surface area contributed by atoms with Crippen LogP contribution in [0, 0.1) is 13.8 Å². The van der Waals surface area contributed by atoms with E-state index in [0.717, 1.165) is 26.6 Å². The van der Waals surface area contributed by atoms with Crippen LogP contribution in [0.5, 0.6) is 5.75 Å². The highest BCUT2D eigenvalue weighted by Gasteiger charge is 2.36. The maximum absolute atomic E-state index is 14.7. The molecule has 1 N–H and O–H groups in total. The molecular weight excluding hydrogens is 598 g/mol. The lowest BCUT2D eigenvalue weighted by Gasteiger charge is -2.35. The number of aryl methyl sites for hydroxylation is 2. The molecule has 8 nitrogen and oxygen atoms in total. The van der Waals surface area contributed by atoms with Gasteiger partial charge in [-0.25, -0.2) is 8.42 Å². The van der Waals surface area contributed by atoms with Gasteiger partial charge in [-0.2, -0.15) is 0 Å². The molecule has 0 bridgehead atoms. The predicted molar refractivity (Wildman–Crippen MR) is 182 cm³/mol. The van der Waals surface area contributed by atoms with Crippen molar-refractivity contribution in [3.8, 4) is 5.75 Å². The lowest BCUT2D eigenvalue weighted by atomic mass is 10.0. The van der Waals surface area contributed by atoms with Gasteiger partial charge in [0.05, 0.1) is 17.7 Å². The van der Waals surface area contributed by atoms with Crippen LogP contribution in [0.25, 0.3) is 0 Å². The molecule has 0 heterocycles. The highest BCUT2D eigenvalue weighted by molar-refractivity contribution is 7.92. The first kappa shape index (κ1) is 34.2. The van der Waals surface area contributed by atoms with E-state index in [0.29, 0.717) is 5.75 Å². The van der Waals surface area contributed by atoms with E-state index in [1.165, 1.54) is 24.1 Å². The molecule has 0 aliphatic heterocycles. The van der Waals surface area contributed by atoms with Gasteiger partial charge in [0.15, 0.2) is 0 Å². The molecule has 1 atom stereocenters. The van der Waals surface area contributed by atoms with Crippen molar-refractivity contribution in [2.45, 2.75) is 64.1 Å². The largest absolute Gasteiger partial charge is 0.495 e. The number of carbonyl (C=O) groups excluding carboxylic acids is 2. The van der Waals surface area contributed by atoms with Gasteiger partial charge in [-0.05, 0) is 75.6 Å². The van der Waals surface area contributed by atoms with E-state index >= 15 is 0 Å². The second kappa shape index (κ2) is 14.6. The molecule has 9 heteroatoms. The van der Waals surface area contributed by atoms with Gasteiger partial charge in [-0.3, -0.25) is 13.9 Å². The van der Waals surface area contributed by atoms with E-state index in [1.807, 2.05) is 95.3 Å². The van der Waals surface area contributed by atoms with E-state index in [1.54, 1.807) is 30.3 Å². The third-order valence-electron chi connectivity index (χ3n) is 7.46. The summed E-state index contributed by atoms with van der Waals surface area (Å²) in [5.41, 5.74) is 3.19. The Hall–Kier alpha value is -4.63. The maximum Gasteiger partial charge on any atom is 0.264 e. The second-order valence-electron chi connectivity index (χ2n) is 12.5. The Labute approximate surface area is 273 Å². The van der Waals surface area contributed by atoms with Crippen molar-refractivity contribution < 1.29 is 22.7 Å². The van der Waals surface area contributed by atoms with Gasteiger partial charge in [0, 0.05) is 18.5 Å². The summed E-state index contributed by atoms with van der Waals surface area (Å²) in [7, 11) is -2.78. The van der Waals surface area contributed by atoms with E-state index in [9.17, 15) is 18.0 Å². The molecular formula is C37H43N3O5S. The number of carbonyl (C=O) groups is 2. The summed E-state index contributed by atoms with van der Waals surface area (Å²) < 4.78 is 35.2. The number of hydrogen-bond acceptors (Lipinski definition) is 5. The summed E-state index contributed by atoms with van der Waals surface area (Å²) in [6.45, 7) is 9.01. The van der Waals surface area contributed by atoms with Crippen molar-refractivity contribution in [2.75, 3.05) is 18.0 Å². The molecule has 2 amide bonds. The highest BCUT2D eigenvalue weighted by Crippen LogP contribution is 2.34. The average molecular weight is 642 g/mol. The second-order valence-corrected chi connectivity index (χ2v) is 14.3. The van der Waals surface area contributed by atoms with Gasteiger partial charge in [0.25, 0.3) is 10.0 Å². The molecule has 4 rings (SSSR count). The Kier molecular flexibility index (Phi) is 10.9. The van der Waals surface area contributed by atoms with Gasteiger partial charge in [-0.1, -0.05) is 84.4 Å². The molecule has 0 saturated heterocycles. The van der Waals surface area contributed by atoms with Crippen LogP contribution in [-0.2, 0) is 32.6 Å². The minimum atomic E-state index is -4.24. The summed E-state index contributed by atoms with van der Waals surface area (Å²) in [6, 6.07) is 29.5. The topological polar surface area (TPSA) is 96.0 Å².